The molecule has 0 saturated heterocycles. The van der Waals surface area contributed by atoms with Gasteiger partial charge in [-0.25, -0.2) is 9.79 Å². The molecule has 1 heterocycles. The summed E-state index contributed by atoms with van der Waals surface area (Å²) in [6, 6.07) is 12.6. The van der Waals surface area contributed by atoms with Crippen LogP contribution in [0.1, 0.15) is 11.1 Å². The molecule has 0 radical (unpaired) electrons. The first kappa shape index (κ1) is 17.3. The Labute approximate surface area is 155 Å². The third kappa shape index (κ3) is 3.92. The summed E-state index contributed by atoms with van der Waals surface area (Å²) in [6.45, 7) is 0. The Morgan fingerprint density at radius 3 is 2.60 bits per heavy atom. The van der Waals surface area contributed by atoms with Crippen molar-refractivity contribution in [2.45, 2.75) is 0 Å². The quantitative estimate of drug-likeness (QED) is 0.558. The fourth-order valence-electron chi connectivity index (χ4n) is 2.24. The van der Waals surface area contributed by atoms with Gasteiger partial charge in [0, 0.05) is 11.6 Å². The number of esters is 1. The van der Waals surface area contributed by atoms with E-state index in [1.54, 1.807) is 43.5 Å². The van der Waals surface area contributed by atoms with Crippen molar-refractivity contribution < 1.29 is 14.3 Å². The fraction of sp³-hybridized carbons (Fsp3) is 0.0526. The van der Waals surface area contributed by atoms with E-state index in [1.165, 1.54) is 0 Å². The highest BCUT2D eigenvalue weighted by Crippen LogP contribution is 2.28. The SMILES string of the molecule is COc1ccccc1/C=C/C1=NC(=C\c2cccc(Cl)c2Cl)/C(=O)O1. The Morgan fingerprint density at radius 2 is 1.80 bits per heavy atom. The molecule has 25 heavy (non-hydrogen) atoms. The van der Waals surface area contributed by atoms with Crippen molar-refractivity contribution >= 4 is 47.2 Å². The molecule has 4 nitrogen and oxygen atoms in total. The average Bonchev–Trinajstić information content (AvgIpc) is 2.97. The number of hydrogen-bond acceptors (Lipinski definition) is 4. The maximum atomic E-state index is 12.0. The lowest BCUT2D eigenvalue weighted by molar-refractivity contribution is -0.129. The lowest BCUT2D eigenvalue weighted by Gasteiger charge is -2.02. The Balaban J connectivity index is 1.86. The van der Waals surface area contributed by atoms with Crippen LogP contribution in [0.3, 0.4) is 0 Å². The molecular weight excluding hydrogens is 361 g/mol. The highest BCUT2D eigenvalue weighted by atomic mass is 35.5. The number of nitrogens with zero attached hydrogens (tertiary/aromatic N) is 1. The molecule has 0 aromatic heterocycles. The zero-order valence-electron chi connectivity index (χ0n) is 13.2. The molecule has 0 spiro atoms. The number of halogens is 2. The highest BCUT2D eigenvalue weighted by Gasteiger charge is 2.21. The predicted octanol–water partition coefficient (Wildman–Crippen LogP) is 5.01. The first-order valence-electron chi connectivity index (χ1n) is 7.36. The van der Waals surface area contributed by atoms with Gasteiger partial charge >= 0.3 is 5.97 Å². The molecule has 0 unspecified atom stereocenters. The van der Waals surface area contributed by atoms with Crippen molar-refractivity contribution in [3.63, 3.8) is 0 Å². The number of hydrogen-bond donors (Lipinski definition) is 0. The lowest BCUT2D eigenvalue weighted by Crippen LogP contribution is -2.01. The third-order valence-corrected chi connectivity index (χ3v) is 4.29. The van der Waals surface area contributed by atoms with Crippen LogP contribution in [0, 0.1) is 0 Å². The molecule has 0 fully saturated rings. The van der Waals surface area contributed by atoms with Gasteiger partial charge < -0.3 is 9.47 Å². The van der Waals surface area contributed by atoms with E-state index in [0.29, 0.717) is 21.4 Å². The van der Waals surface area contributed by atoms with Crippen molar-refractivity contribution in [1.82, 2.24) is 0 Å². The monoisotopic (exact) mass is 373 g/mol. The molecule has 0 bridgehead atoms. The summed E-state index contributed by atoms with van der Waals surface area (Å²) in [4.78, 5) is 16.2. The first-order chi connectivity index (χ1) is 12.1. The van der Waals surface area contributed by atoms with Gasteiger partial charge in [0.05, 0.1) is 17.2 Å². The van der Waals surface area contributed by atoms with E-state index in [2.05, 4.69) is 4.99 Å². The van der Waals surface area contributed by atoms with Crippen molar-refractivity contribution in [2.75, 3.05) is 7.11 Å². The molecule has 1 aliphatic heterocycles. The van der Waals surface area contributed by atoms with Crippen LogP contribution in [0.15, 0.2) is 59.2 Å². The van der Waals surface area contributed by atoms with Gasteiger partial charge in [-0.1, -0.05) is 53.5 Å². The Morgan fingerprint density at radius 1 is 1.04 bits per heavy atom. The van der Waals surface area contributed by atoms with Gasteiger partial charge in [-0.05, 0) is 29.8 Å². The number of para-hydroxylation sites is 1. The minimum Gasteiger partial charge on any atom is -0.496 e. The maximum absolute atomic E-state index is 12.0. The number of ether oxygens (including phenoxy) is 2. The fourth-order valence-corrected chi connectivity index (χ4v) is 2.60. The van der Waals surface area contributed by atoms with Crippen LogP contribution in [0.5, 0.6) is 5.75 Å². The van der Waals surface area contributed by atoms with Crippen LogP contribution >= 0.6 is 23.2 Å². The van der Waals surface area contributed by atoms with Crippen molar-refractivity contribution in [2.24, 2.45) is 4.99 Å². The van der Waals surface area contributed by atoms with Crippen molar-refractivity contribution in [1.29, 1.82) is 0 Å². The molecular formula is C19H13Cl2NO3. The zero-order chi connectivity index (χ0) is 17.8. The minimum absolute atomic E-state index is 0.156. The van der Waals surface area contributed by atoms with Gasteiger partial charge in [0.1, 0.15) is 5.75 Å². The Bertz CT molecular complexity index is 917. The number of carbonyl (C=O) groups is 1. The van der Waals surface area contributed by atoms with Gasteiger partial charge in [0.2, 0.25) is 5.90 Å². The second-order valence-electron chi connectivity index (χ2n) is 5.09. The summed E-state index contributed by atoms with van der Waals surface area (Å²) >= 11 is 12.1. The van der Waals surface area contributed by atoms with Gasteiger partial charge in [0.15, 0.2) is 5.70 Å². The first-order valence-corrected chi connectivity index (χ1v) is 8.12. The molecule has 0 saturated carbocycles. The zero-order valence-corrected chi connectivity index (χ0v) is 14.7. The summed E-state index contributed by atoms with van der Waals surface area (Å²) in [7, 11) is 1.59. The largest absolute Gasteiger partial charge is 0.496 e. The van der Waals surface area contributed by atoms with Crippen LogP contribution in [-0.4, -0.2) is 19.0 Å². The molecule has 0 N–H and O–H groups in total. The van der Waals surface area contributed by atoms with E-state index < -0.39 is 5.97 Å². The molecule has 1 aliphatic rings. The van der Waals surface area contributed by atoms with E-state index in [-0.39, 0.29) is 11.6 Å². The highest BCUT2D eigenvalue weighted by molar-refractivity contribution is 6.43. The van der Waals surface area contributed by atoms with Crippen LogP contribution in [0.2, 0.25) is 10.0 Å². The van der Waals surface area contributed by atoms with Crippen molar-refractivity contribution in [3.05, 3.63) is 75.4 Å². The molecule has 0 amide bonds. The number of aliphatic imine (C=N–C) groups is 1. The normalized spacial score (nSPS) is 15.6. The standard InChI is InChI=1S/C19H13Cl2NO3/c1-24-16-8-3-2-5-12(16)9-10-17-22-15(19(23)25-17)11-13-6-4-7-14(20)18(13)21/h2-11H,1H3/b10-9+,15-11-. The summed E-state index contributed by atoms with van der Waals surface area (Å²) in [5.41, 5.74) is 1.60. The second-order valence-corrected chi connectivity index (χ2v) is 5.87. The molecule has 6 heteroatoms. The maximum Gasteiger partial charge on any atom is 0.363 e. The molecule has 0 aliphatic carbocycles. The number of rotatable bonds is 4. The van der Waals surface area contributed by atoms with Gasteiger partial charge in [-0.15, -0.1) is 0 Å². The summed E-state index contributed by atoms with van der Waals surface area (Å²) in [6.07, 6.45) is 4.91. The van der Waals surface area contributed by atoms with Gasteiger partial charge in [-0.3, -0.25) is 0 Å². The molecule has 3 rings (SSSR count). The molecule has 0 atom stereocenters. The van der Waals surface area contributed by atoms with Crippen molar-refractivity contribution in [3.8, 4) is 5.75 Å². The number of carbonyl (C=O) groups excluding carboxylic acids is 1. The summed E-state index contributed by atoms with van der Waals surface area (Å²) in [5.74, 6) is 0.362. The smallest absolute Gasteiger partial charge is 0.363 e. The molecule has 2 aromatic rings. The summed E-state index contributed by atoms with van der Waals surface area (Å²) in [5, 5.41) is 0.764. The van der Waals surface area contributed by atoms with Crippen LogP contribution in [-0.2, 0) is 9.53 Å². The van der Waals surface area contributed by atoms with Crippen LogP contribution < -0.4 is 4.74 Å². The van der Waals surface area contributed by atoms with Crippen LogP contribution in [0.25, 0.3) is 12.2 Å². The van der Waals surface area contributed by atoms with Crippen LogP contribution in [0.4, 0.5) is 0 Å². The van der Waals surface area contributed by atoms with E-state index in [4.69, 9.17) is 32.7 Å². The molecule has 126 valence electrons. The van der Waals surface area contributed by atoms with E-state index in [1.807, 2.05) is 24.3 Å². The van der Waals surface area contributed by atoms with E-state index in [9.17, 15) is 4.79 Å². The second kappa shape index (κ2) is 7.55. The minimum atomic E-state index is -0.546. The predicted molar refractivity (Wildman–Crippen MR) is 100.0 cm³/mol. The Hall–Kier alpha value is -2.56. The van der Waals surface area contributed by atoms with E-state index >= 15 is 0 Å². The van der Waals surface area contributed by atoms with E-state index in [0.717, 1.165) is 5.56 Å². The molecule has 2 aromatic carbocycles. The number of methoxy groups -OCH3 is 1. The number of benzene rings is 2. The topological polar surface area (TPSA) is 47.9 Å². The number of cyclic esters (lactones) is 1. The average molecular weight is 374 g/mol. The lowest BCUT2D eigenvalue weighted by atomic mass is 10.2. The van der Waals surface area contributed by atoms with Gasteiger partial charge in [-0.2, -0.15) is 0 Å². The summed E-state index contributed by atoms with van der Waals surface area (Å²) < 4.78 is 10.4. The third-order valence-electron chi connectivity index (χ3n) is 3.46. The Kier molecular flexibility index (Phi) is 5.22. The van der Waals surface area contributed by atoms with Gasteiger partial charge in [0.25, 0.3) is 0 Å².